The molecule has 3 heterocycles. The molecule has 6 aromatic rings. The number of amides is 1. The van der Waals surface area contributed by atoms with Crippen LogP contribution < -0.4 is 10.1 Å². The Morgan fingerprint density at radius 3 is 2.11 bits per heavy atom. The van der Waals surface area contributed by atoms with Gasteiger partial charge < -0.3 is 19.9 Å². The number of rotatable bonds is 7. The van der Waals surface area contributed by atoms with Gasteiger partial charge in [-0.2, -0.15) is 0 Å². The van der Waals surface area contributed by atoms with E-state index in [9.17, 15) is 4.79 Å². The van der Waals surface area contributed by atoms with Gasteiger partial charge in [0.25, 0.3) is 5.91 Å². The highest BCUT2D eigenvalue weighted by molar-refractivity contribution is 5.95. The molecule has 1 fully saturated rings. The van der Waals surface area contributed by atoms with Crippen LogP contribution >= 0.6 is 0 Å². The number of hydrogen-bond donors (Lipinski definition) is 1. The van der Waals surface area contributed by atoms with Gasteiger partial charge in [-0.05, 0) is 67.7 Å². The fourth-order valence-electron chi connectivity index (χ4n) is 5.22. The van der Waals surface area contributed by atoms with Crippen molar-refractivity contribution in [3.05, 3.63) is 121 Å². The number of nitrogens with zero attached hydrogens (tertiary/aromatic N) is 6. The smallest absolute Gasteiger partial charge is 0.253 e. The van der Waals surface area contributed by atoms with E-state index in [0.29, 0.717) is 28.4 Å². The van der Waals surface area contributed by atoms with Gasteiger partial charge in [-0.25, -0.2) is 15.0 Å². The minimum Gasteiger partial charge on any atom is -0.457 e. The van der Waals surface area contributed by atoms with Gasteiger partial charge in [0.15, 0.2) is 22.8 Å². The largest absolute Gasteiger partial charge is 0.457 e. The fraction of sp³-hybridized carbons (Fsp3) is 0.143. The van der Waals surface area contributed by atoms with Gasteiger partial charge >= 0.3 is 0 Å². The van der Waals surface area contributed by atoms with E-state index in [2.05, 4.69) is 17.3 Å². The molecule has 0 saturated carbocycles. The van der Waals surface area contributed by atoms with Gasteiger partial charge in [0.05, 0.1) is 0 Å². The van der Waals surface area contributed by atoms with E-state index in [1.54, 1.807) is 6.33 Å². The van der Waals surface area contributed by atoms with E-state index in [-0.39, 0.29) is 5.91 Å². The second-order valence-electron chi connectivity index (χ2n) is 10.8. The first kappa shape index (κ1) is 27.3. The van der Waals surface area contributed by atoms with Crippen LogP contribution in [-0.2, 0) is 0 Å². The zero-order valence-corrected chi connectivity index (χ0v) is 24.3. The Labute approximate surface area is 255 Å². The third-order valence-corrected chi connectivity index (χ3v) is 7.71. The molecule has 1 aliphatic rings. The van der Waals surface area contributed by atoms with Crippen LogP contribution in [0.2, 0.25) is 0 Å². The standard InChI is InChI=1S/C35H31N7O2/c1-40-20-22-41(23-21-40)35(43)26-14-12-25(13-15-26)32-38-33(31-34(39-32)42(24-36-31)28-8-4-2-5-9-28)37-27-16-18-30(19-17-27)44-29-10-6-3-7-11-29/h2-19,24H,20-23H2,1H3,(H,37,38,39). The van der Waals surface area contributed by atoms with E-state index in [0.717, 1.165) is 54.6 Å². The summed E-state index contributed by atoms with van der Waals surface area (Å²) in [6, 6.07) is 34.9. The Morgan fingerprint density at radius 1 is 0.750 bits per heavy atom. The number of imidazole rings is 1. The molecule has 9 heteroatoms. The van der Waals surface area contributed by atoms with E-state index >= 15 is 0 Å². The number of likely N-dealkylation sites (N-methyl/N-ethyl adjacent to an activating group) is 1. The third kappa shape index (κ3) is 5.73. The van der Waals surface area contributed by atoms with Crippen molar-refractivity contribution in [3.63, 3.8) is 0 Å². The molecule has 1 saturated heterocycles. The number of para-hydroxylation sites is 2. The predicted molar refractivity (Wildman–Crippen MR) is 172 cm³/mol. The molecule has 44 heavy (non-hydrogen) atoms. The summed E-state index contributed by atoms with van der Waals surface area (Å²) in [5, 5.41) is 3.44. The molecule has 7 rings (SSSR count). The van der Waals surface area contributed by atoms with Gasteiger partial charge in [0.2, 0.25) is 0 Å². The van der Waals surface area contributed by atoms with Crippen LogP contribution in [0, 0.1) is 0 Å². The number of carbonyl (C=O) groups is 1. The first-order valence-electron chi connectivity index (χ1n) is 14.6. The molecule has 9 nitrogen and oxygen atoms in total. The Balaban J connectivity index is 1.21. The van der Waals surface area contributed by atoms with E-state index in [1.807, 2.05) is 119 Å². The van der Waals surface area contributed by atoms with Crippen molar-refractivity contribution in [1.29, 1.82) is 0 Å². The van der Waals surface area contributed by atoms with Crippen LogP contribution in [0.4, 0.5) is 11.5 Å². The number of fused-ring (bicyclic) bond motifs is 1. The summed E-state index contributed by atoms with van der Waals surface area (Å²) in [4.78, 5) is 31.8. The first-order chi connectivity index (χ1) is 21.6. The maximum Gasteiger partial charge on any atom is 0.253 e. The van der Waals surface area contributed by atoms with Crippen molar-refractivity contribution in [2.24, 2.45) is 0 Å². The normalized spacial score (nSPS) is 13.6. The number of hydrogen-bond acceptors (Lipinski definition) is 7. The van der Waals surface area contributed by atoms with Crippen molar-refractivity contribution in [3.8, 4) is 28.6 Å². The average molecular weight is 582 g/mol. The van der Waals surface area contributed by atoms with Crippen molar-refractivity contribution in [2.75, 3.05) is 38.5 Å². The Kier molecular flexibility index (Phi) is 7.44. The van der Waals surface area contributed by atoms with Gasteiger partial charge in [-0.3, -0.25) is 9.36 Å². The maximum atomic E-state index is 13.1. The molecule has 1 N–H and O–H groups in total. The number of ether oxygens (including phenoxy) is 1. The van der Waals surface area contributed by atoms with Crippen LogP contribution in [0.1, 0.15) is 10.4 Å². The molecular weight excluding hydrogens is 550 g/mol. The lowest BCUT2D eigenvalue weighted by atomic mass is 10.1. The highest BCUT2D eigenvalue weighted by Gasteiger charge is 2.21. The summed E-state index contributed by atoms with van der Waals surface area (Å²) >= 11 is 0. The molecule has 218 valence electrons. The number of benzene rings is 4. The van der Waals surface area contributed by atoms with Crippen molar-refractivity contribution in [2.45, 2.75) is 0 Å². The molecule has 4 aromatic carbocycles. The summed E-state index contributed by atoms with van der Waals surface area (Å²) < 4.78 is 7.91. The average Bonchev–Trinajstić information content (AvgIpc) is 3.51. The van der Waals surface area contributed by atoms with Gasteiger partial charge in [0.1, 0.15) is 17.8 Å². The summed E-state index contributed by atoms with van der Waals surface area (Å²) in [6.07, 6.45) is 1.76. The minimum atomic E-state index is 0.0465. The molecular formula is C35H31N7O2. The lowest BCUT2D eigenvalue weighted by Gasteiger charge is -2.32. The van der Waals surface area contributed by atoms with E-state index in [4.69, 9.17) is 19.7 Å². The second kappa shape index (κ2) is 12.0. The minimum absolute atomic E-state index is 0.0465. The Hall–Kier alpha value is -5.54. The lowest BCUT2D eigenvalue weighted by molar-refractivity contribution is 0.0664. The van der Waals surface area contributed by atoms with Crippen LogP contribution in [0.3, 0.4) is 0 Å². The molecule has 1 amide bonds. The molecule has 0 atom stereocenters. The molecule has 0 aliphatic carbocycles. The Morgan fingerprint density at radius 2 is 1.41 bits per heavy atom. The van der Waals surface area contributed by atoms with Gasteiger partial charge in [-0.15, -0.1) is 0 Å². The zero-order chi connectivity index (χ0) is 29.9. The second-order valence-corrected chi connectivity index (χ2v) is 10.8. The van der Waals surface area contributed by atoms with Crippen molar-refractivity contribution < 1.29 is 9.53 Å². The van der Waals surface area contributed by atoms with E-state index < -0.39 is 0 Å². The molecule has 2 aromatic heterocycles. The zero-order valence-electron chi connectivity index (χ0n) is 24.3. The summed E-state index contributed by atoms with van der Waals surface area (Å²) in [7, 11) is 2.08. The SMILES string of the molecule is CN1CCN(C(=O)c2ccc(-c3nc(Nc4ccc(Oc5ccccc5)cc4)c4ncn(-c5ccccc5)c4n3)cc2)CC1. The molecule has 0 spiro atoms. The monoisotopic (exact) mass is 581 g/mol. The lowest BCUT2D eigenvalue weighted by Crippen LogP contribution is -2.47. The fourth-order valence-corrected chi connectivity index (χ4v) is 5.22. The third-order valence-electron chi connectivity index (χ3n) is 7.71. The highest BCUT2D eigenvalue weighted by atomic mass is 16.5. The quantitative estimate of drug-likeness (QED) is 0.233. The molecule has 0 radical (unpaired) electrons. The number of piperazine rings is 1. The Bertz CT molecular complexity index is 1880. The number of aromatic nitrogens is 4. The summed E-state index contributed by atoms with van der Waals surface area (Å²) in [5.41, 5.74) is 4.55. The highest BCUT2D eigenvalue weighted by Crippen LogP contribution is 2.30. The predicted octanol–water partition coefficient (Wildman–Crippen LogP) is 6.41. The van der Waals surface area contributed by atoms with Crippen LogP contribution in [0.25, 0.3) is 28.2 Å². The van der Waals surface area contributed by atoms with Gasteiger partial charge in [0, 0.05) is 48.7 Å². The van der Waals surface area contributed by atoms with E-state index in [1.165, 1.54) is 0 Å². The van der Waals surface area contributed by atoms with Gasteiger partial charge in [-0.1, -0.05) is 48.5 Å². The van der Waals surface area contributed by atoms with Crippen LogP contribution in [0.5, 0.6) is 11.5 Å². The van der Waals surface area contributed by atoms with Crippen LogP contribution in [0.15, 0.2) is 116 Å². The number of nitrogens with one attached hydrogen (secondary N) is 1. The number of anilines is 2. The van der Waals surface area contributed by atoms with Crippen LogP contribution in [-0.4, -0.2) is 68.5 Å². The summed E-state index contributed by atoms with van der Waals surface area (Å²) in [6.45, 7) is 3.22. The molecule has 0 bridgehead atoms. The topological polar surface area (TPSA) is 88.4 Å². The first-order valence-corrected chi connectivity index (χ1v) is 14.6. The van der Waals surface area contributed by atoms with Crippen molar-refractivity contribution >= 4 is 28.6 Å². The van der Waals surface area contributed by atoms with Crippen molar-refractivity contribution in [1.82, 2.24) is 29.3 Å². The molecule has 0 unspecified atom stereocenters. The maximum absolute atomic E-state index is 13.1. The summed E-state index contributed by atoms with van der Waals surface area (Å²) in [5.74, 6) is 2.66. The number of carbonyl (C=O) groups excluding carboxylic acids is 1. The molecule has 1 aliphatic heterocycles.